The number of halogens is 1. The van der Waals surface area contributed by atoms with E-state index in [0.29, 0.717) is 5.38 Å². The van der Waals surface area contributed by atoms with Crippen molar-refractivity contribution in [2.75, 3.05) is 13.1 Å². The van der Waals surface area contributed by atoms with Gasteiger partial charge in [0.1, 0.15) is 0 Å². The zero-order valence-electron chi connectivity index (χ0n) is 10.1. The first kappa shape index (κ1) is 13.3. The maximum Gasteiger partial charge on any atom is 0.0336 e. The third-order valence-electron chi connectivity index (χ3n) is 3.42. The van der Waals surface area contributed by atoms with Gasteiger partial charge in [0.25, 0.3) is 0 Å². The highest BCUT2D eigenvalue weighted by Gasteiger charge is 2.18. The van der Waals surface area contributed by atoms with Crippen LogP contribution in [0.4, 0.5) is 0 Å². The molecule has 0 spiro atoms. The molecular weight excluding hydrogens is 206 g/mol. The third kappa shape index (κ3) is 6.42. The lowest BCUT2D eigenvalue weighted by molar-refractivity contribution is 0.345. The minimum absolute atomic E-state index is 0.464. The first-order valence-electron chi connectivity index (χ1n) is 6.67. The second-order valence-electron chi connectivity index (χ2n) is 4.88. The molecule has 0 aliphatic heterocycles. The van der Waals surface area contributed by atoms with Crippen molar-refractivity contribution in [2.45, 2.75) is 63.7 Å². The Balaban J connectivity index is 1.87. The van der Waals surface area contributed by atoms with Gasteiger partial charge in [0.15, 0.2) is 0 Å². The number of hydrogen-bond donors (Lipinski definition) is 1. The van der Waals surface area contributed by atoms with Gasteiger partial charge in [-0.05, 0) is 51.1 Å². The van der Waals surface area contributed by atoms with E-state index >= 15 is 0 Å². The highest BCUT2D eigenvalue weighted by molar-refractivity contribution is 6.20. The van der Waals surface area contributed by atoms with E-state index in [1.165, 1.54) is 64.5 Å². The first-order chi connectivity index (χ1) is 7.33. The molecule has 90 valence electrons. The quantitative estimate of drug-likeness (QED) is 0.517. The standard InChI is InChI=1S/C13H26ClN/c1-2-3-4-5-10-15-11-12-6-8-13(14)9-7-12/h12-13,15H,2-11H2,1H3. The molecule has 1 nitrogen and oxygen atoms in total. The van der Waals surface area contributed by atoms with Gasteiger partial charge in [-0.3, -0.25) is 0 Å². The van der Waals surface area contributed by atoms with Gasteiger partial charge in [-0.2, -0.15) is 0 Å². The van der Waals surface area contributed by atoms with Crippen LogP contribution in [0.15, 0.2) is 0 Å². The molecular formula is C13H26ClN. The van der Waals surface area contributed by atoms with Crippen molar-refractivity contribution in [1.82, 2.24) is 5.32 Å². The number of unbranched alkanes of at least 4 members (excludes halogenated alkanes) is 3. The predicted octanol–water partition coefficient (Wildman–Crippen LogP) is 3.95. The van der Waals surface area contributed by atoms with Crippen molar-refractivity contribution in [3.63, 3.8) is 0 Å². The largest absolute Gasteiger partial charge is 0.316 e. The fourth-order valence-corrected chi connectivity index (χ4v) is 2.56. The summed E-state index contributed by atoms with van der Waals surface area (Å²) < 4.78 is 0. The smallest absolute Gasteiger partial charge is 0.0336 e. The Kier molecular flexibility index (Phi) is 7.46. The predicted molar refractivity (Wildman–Crippen MR) is 68.6 cm³/mol. The first-order valence-corrected chi connectivity index (χ1v) is 7.11. The van der Waals surface area contributed by atoms with Crippen LogP contribution in [0.3, 0.4) is 0 Å². The molecule has 1 N–H and O–H groups in total. The van der Waals surface area contributed by atoms with Crippen molar-refractivity contribution >= 4 is 11.6 Å². The highest BCUT2D eigenvalue weighted by Crippen LogP contribution is 2.26. The van der Waals surface area contributed by atoms with Crippen LogP contribution < -0.4 is 5.32 Å². The van der Waals surface area contributed by atoms with Gasteiger partial charge in [0, 0.05) is 5.38 Å². The Bertz CT molecular complexity index is 141. The topological polar surface area (TPSA) is 12.0 Å². The number of rotatable bonds is 7. The molecule has 0 aromatic heterocycles. The maximum absolute atomic E-state index is 6.08. The summed E-state index contributed by atoms with van der Waals surface area (Å²) in [5.74, 6) is 0.895. The van der Waals surface area contributed by atoms with Crippen LogP contribution in [0, 0.1) is 5.92 Å². The average molecular weight is 232 g/mol. The lowest BCUT2D eigenvalue weighted by atomic mass is 9.89. The van der Waals surface area contributed by atoms with Gasteiger partial charge in [-0.15, -0.1) is 11.6 Å². The Morgan fingerprint density at radius 2 is 1.80 bits per heavy atom. The third-order valence-corrected chi connectivity index (χ3v) is 3.85. The molecule has 1 fully saturated rings. The molecule has 15 heavy (non-hydrogen) atoms. The molecule has 2 heteroatoms. The lowest BCUT2D eigenvalue weighted by Crippen LogP contribution is -2.27. The fourth-order valence-electron chi connectivity index (χ4n) is 2.31. The van der Waals surface area contributed by atoms with E-state index in [2.05, 4.69) is 12.2 Å². The Labute approximate surface area is 100.0 Å². The molecule has 1 aliphatic carbocycles. The molecule has 0 bridgehead atoms. The van der Waals surface area contributed by atoms with Crippen molar-refractivity contribution in [1.29, 1.82) is 0 Å². The fraction of sp³-hybridized carbons (Fsp3) is 1.00. The molecule has 0 unspecified atom stereocenters. The second-order valence-corrected chi connectivity index (χ2v) is 5.50. The second kappa shape index (κ2) is 8.41. The molecule has 1 aliphatic rings. The van der Waals surface area contributed by atoms with Gasteiger partial charge in [0.05, 0.1) is 0 Å². The summed E-state index contributed by atoms with van der Waals surface area (Å²) in [5, 5.41) is 4.05. The minimum Gasteiger partial charge on any atom is -0.316 e. The van der Waals surface area contributed by atoms with E-state index in [4.69, 9.17) is 11.6 Å². The maximum atomic E-state index is 6.08. The number of hydrogen-bond acceptors (Lipinski definition) is 1. The van der Waals surface area contributed by atoms with Crippen molar-refractivity contribution in [3.8, 4) is 0 Å². The van der Waals surface area contributed by atoms with Crippen LogP contribution in [0.2, 0.25) is 0 Å². The van der Waals surface area contributed by atoms with Gasteiger partial charge in [-0.1, -0.05) is 26.2 Å². The van der Waals surface area contributed by atoms with Gasteiger partial charge >= 0.3 is 0 Å². The molecule has 0 atom stereocenters. The molecule has 0 heterocycles. The van der Waals surface area contributed by atoms with Gasteiger partial charge in [0.2, 0.25) is 0 Å². The summed E-state index contributed by atoms with van der Waals surface area (Å²) in [7, 11) is 0. The Hall–Kier alpha value is 0.250. The summed E-state index contributed by atoms with van der Waals surface area (Å²) in [6.07, 6.45) is 10.6. The lowest BCUT2D eigenvalue weighted by Gasteiger charge is -2.25. The van der Waals surface area contributed by atoms with Crippen LogP contribution in [-0.4, -0.2) is 18.5 Å². The monoisotopic (exact) mass is 231 g/mol. The minimum atomic E-state index is 0.464. The van der Waals surface area contributed by atoms with Crippen LogP contribution in [0.1, 0.15) is 58.3 Å². The van der Waals surface area contributed by atoms with Crippen molar-refractivity contribution in [2.24, 2.45) is 5.92 Å². The van der Waals surface area contributed by atoms with E-state index in [9.17, 15) is 0 Å². The molecule has 1 saturated carbocycles. The molecule has 0 aromatic carbocycles. The van der Waals surface area contributed by atoms with Crippen LogP contribution in [-0.2, 0) is 0 Å². The summed E-state index contributed by atoms with van der Waals surface area (Å²) in [4.78, 5) is 0. The van der Waals surface area contributed by atoms with Gasteiger partial charge < -0.3 is 5.32 Å². The van der Waals surface area contributed by atoms with Crippen LogP contribution >= 0.6 is 11.6 Å². The summed E-state index contributed by atoms with van der Waals surface area (Å²) in [6, 6.07) is 0. The normalized spacial score (nSPS) is 26.8. The van der Waals surface area contributed by atoms with Crippen molar-refractivity contribution in [3.05, 3.63) is 0 Å². The zero-order chi connectivity index (χ0) is 10.9. The molecule has 0 aromatic rings. The molecule has 0 radical (unpaired) electrons. The summed E-state index contributed by atoms with van der Waals surface area (Å²) in [5.41, 5.74) is 0. The molecule has 0 saturated heterocycles. The number of nitrogens with one attached hydrogen (secondary N) is 1. The average Bonchev–Trinajstić information content (AvgIpc) is 2.26. The summed E-state index contributed by atoms with van der Waals surface area (Å²) >= 11 is 6.08. The van der Waals surface area contributed by atoms with E-state index in [0.717, 1.165) is 5.92 Å². The SMILES string of the molecule is CCCCCCNCC1CCC(Cl)CC1. The van der Waals surface area contributed by atoms with E-state index in [1.54, 1.807) is 0 Å². The molecule has 1 rings (SSSR count). The van der Waals surface area contributed by atoms with E-state index < -0.39 is 0 Å². The van der Waals surface area contributed by atoms with Crippen LogP contribution in [0.25, 0.3) is 0 Å². The van der Waals surface area contributed by atoms with Crippen LogP contribution in [0.5, 0.6) is 0 Å². The van der Waals surface area contributed by atoms with E-state index in [1.807, 2.05) is 0 Å². The Morgan fingerprint density at radius 1 is 1.07 bits per heavy atom. The summed E-state index contributed by atoms with van der Waals surface area (Å²) in [6.45, 7) is 4.69. The van der Waals surface area contributed by atoms with E-state index in [-0.39, 0.29) is 0 Å². The molecule has 0 amide bonds. The number of alkyl halides is 1. The zero-order valence-corrected chi connectivity index (χ0v) is 10.9. The van der Waals surface area contributed by atoms with Gasteiger partial charge in [-0.25, -0.2) is 0 Å². The van der Waals surface area contributed by atoms with Crippen molar-refractivity contribution < 1.29 is 0 Å². The highest BCUT2D eigenvalue weighted by atomic mass is 35.5. The Morgan fingerprint density at radius 3 is 2.47 bits per heavy atom.